The van der Waals surface area contributed by atoms with Gasteiger partial charge >= 0.3 is 5.69 Å². The number of benzene rings is 1. The Labute approximate surface area is 174 Å². The molecule has 2 aromatic rings. The lowest BCUT2D eigenvalue weighted by atomic mass is 10.1. The van der Waals surface area contributed by atoms with Crippen LogP contribution in [0.5, 0.6) is 0 Å². The lowest BCUT2D eigenvalue weighted by Gasteiger charge is -2.35. The second kappa shape index (κ2) is 10.0. The number of nitrogens with one attached hydrogen (secondary N) is 2. The first-order valence-corrected chi connectivity index (χ1v) is 10.4. The van der Waals surface area contributed by atoms with Gasteiger partial charge in [-0.15, -0.1) is 0 Å². The zero-order valence-corrected chi connectivity index (χ0v) is 17.3. The number of hydrogen-bond acceptors (Lipinski definition) is 4. The van der Waals surface area contributed by atoms with Gasteiger partial charge in [-0.3, -0.25) is 19.4 Å². The van der Waals surface area contributed by atoms with Crippen molar-refractivity contribution < 1.29 is 9.59 Å². The van der Waals surface area contributed by atoms with Gasteiger partial charge in [0, 0.05) is 50.3 Å². The fourth-order valence-corrected chi connectivity index (χ4v) is 3.77. The molecule has 0 atom stereocenters. The lowest BCUT2D eigenvalue weighted by Crippen LogP contribution is -2.50. The highest BCUT2D eigenvalue weighted by atomic mass is 16.2. The largest absolute Gasteiger partial charge is 0.339 e. The van der Waals surface area contributed by atoms with E-state index in [1.807, 2.05) is 23.1 Å². The average molecular weight is 412 g/mol. The maximum Gasteiger partial charge on any atom is 0.325 e. The second-order valence-electron chi connectivity index (χ2n) is 7.61. The van der Waals surface area contributed by atoms with Crippen molar-refractivity contribution in [3.05, 3.63) is 68.0 Å². The molecular weight excluding hydrogens is 384 g/mol. The summed E-state index contributed by atoms with van der Waals surface area (Å²) in [5.74, 6) is 0.0876. The normalized spacial score (nSPS) is 14.0. The molecule has 1 fully saturated rings. The minimum absolute atomic E-state index is 0.0452. The van der Waals surface area contributed by atoms with Crippen molar-refractivity contribution >= 4 is 11.8 Å². The number of piperazine rings is 1. The first-order chi connectivity index (χ1) is 14.4. The smallest absolute Gasteiger partial charge is 0.325 e. The van der Waals surface area contributed by atoms with Crippen LogP contribution < -0.4 is 11.2 Å². The summed E-state index contributed by atoms with van der Waals surface area (Å²) < 4.78 is 0. The Balaban J connectivity index is 1.41. The van der Waals surface area contributed by atoms with Crippen LogP contribution >= 0.6 is 0 Å². The van der Waals surface area contributed by atoms with Crippen LogP contribution in [0.2, 0.25) is 0 Å². The van der Waals surface area contributed by atoms with Crippen molar-refractivity contribution in [2.24, 2.45) is 0 Å². The van der Waals surface area contributed by atoms with E-state index in [1.165, 1.54) is 5.56 Å². The van der Waals surface area contributed by atoms with Crippen LogP contribution in [0.15, 0.2) is 39.9 Å². The number of rotatable bonds is 7. The fraction of sp³-hybridized carbons (Fsp3) is 0.455. The van der Waals surface area contributed by atoms with Gasteiger partial charge in [-0.1, -0.05) is 30.3 Å². The summed E-state index contributed by atoms with van der Waals surface area (Å²) in [6, 6.07) is 10.1. The van der Waals surface area contributed by atoms with Crippen LogP contribution in [0.25, 0.3) is 0 Å². The van der Waals surface area contributed by atoms with Crippen molar-refractivity contribution in [3.8, 4) is 0 Å². The van der Waals surface area contributed by atoms with E-state index in [1.54, 1.807) is 11.8 Å². The molecule has 0 radical (unpaired) electrons. The predicted octanol–water partition coefficient (Wildman–Crippen LogP) is 0.998. The summed E-state index contributed by atoms with van der Waals surface area (Å²) >= 11 is 0. The fourth-order valence-electron chi connectivity index (χ4n) is 3.77. The molecule has 0 bridgehead atoms. The van der Waals surface area contributed by atoms with Gasteiger partial charge in [0.15, 0.2) is 0 Å². The van der Waals surface area contributed by atoms with Crippen LogP contribution in [-0.4, -0.2) is 57.8 Å². The summed E-state index contributed by atoms with van der Waals surface area (Å²) in [5, 5.41) is 0. The lowest BCUT2D eigenvalue weighted by molar-refractivity contribution is -0.139. The molecule has 2 heterocycles. The minimum Gasteiger partial charge on any atom is -0.339 e. The van der Waals surface area contributed by atoms with Crippen LogP contribution in [0.3, 0.4) is 0 Å². The molecule has 30 heavy (non-hydrogen) atoms. The maximum absolute atomic E-state index is 12.5. The van der Waals surface area contributed by atoms with E-state index in [4.69, 9.17) is 0 Å². The Hall–Kier alpha value is -3.16. The summed E-state index contributed by atoms with van der Waals surface area (Å²) in [6.45, 7) is 3.73. The molecule has 0 spiro atoms. The van der Waals surface area contributed by atoms with Crippen molar-refractivity contribution in [2.45, 2.75) is 39.0 Å². The molecule has 1 aromatic heterocycles. The van der Waals surface area contributed by atoms with Crippen LogP contribution in [0.4, 0.5) is 0 Å². The summed E-state index contributed by atoms with van der Waals surface area (Å²) in [5.41, 5.74) is 1.15. The molecule has 0 saturated carbocycles. The number of nitrogens with zero attached hydrogens (tertiary/aromatic N) is 2. The Kier molecular flexibility index (Phi) is 7.21. The van der Waals surface area contributed by atoms with Gasteiger partial charge in [0.25, 0.3) is 5.56 Å². The number of hydrogen-bond donors (Lipinski definition) is 2. The van der Waals surface area contributed by atoms with Gasteiger partial charge < -0.3 is 14.8 Å². The first-order valence-electron chi connectivity index (χ1n) is 10.4. The number of aryl methyl sites for hydroxylation is 2. The van der Waals surface area contributed by atoms with E-state index < -0.39 is 11.2 Å². The third-order valence-electron chi connectivity index (χ3n) is 5.53. The number of carbonyl (C=O) groups excluding carboxylic acids is 2. The third kappa shape index (κ3) is 5.68. The van der Waals surface area contributed by atoms with Gasteiger partial charge in [-0.25, -0.2) is 4.79 Å². The second-order valence-corrected chi connectivity index (χ2v) is 7.61. The van der Waals surface area contributed by atoms with E-state index in [2.05, 4.69) is 22.1 Å². The molecule has 1 aliphatic rings. The molecule has 3 rings (SSSR count). The maximum atomic E-state index is 12.5. The number of carbonyl (C=O) groups is 2. The Bertz CT molecular complexity index is 988. The Morgan fingerprint density at radius 3 is 2.07 bits per heavy atom. The molecule has 8 nitrogen and oxygen atoms in total. The zero-order valence-electron chi connectivity index (χ0n) is 17.3. The van der Waals surface area contributed by atoms with E-state index in [9.17, 15) is 19.2 Å². The first kappa shape index (κ1) is 21.5. The molecule has 0 aliphatic carbocycles. The molecule has 0 unspecified atom stereocenters. The highest BCUT2D eigenvalue weighted by Gasteiger charge is 2.24. The van der Waals surface area contributed by atoms with E-state index in [-0.39, 0.29) is 24.7 Å². The highest BCUT2D eigenvalue weighted by molar-refractivity contribution is 5.78. The summed E-state index contributed by atoms with van der Waals surface area (Å²) in [7, 11) is 0. The number of aromatic nitrogens is 2. The van der Waals surface area contributed by atoms with Gasteiger partial charge in [-0.2, -0.15) is 0 Å². The van der Waals surface area contributed by atoms with Gasteiger partial charge in [0.05, 0.1) is 0 Å². The average Bonchev–Trinajstić information content (AvgIpc) is 2.73. The number of aromatic amines is 2. The van der Waals surface area contributed by atoms with Crippen molar-refractivity contribution in [3.63, 3.8) is 0 Å². The molecular formula is C22H28N4O4. The molecule has 160 valence electrons. The van der Waals surface area contributed by atoms with Gasteiger partial charge in [0.2, 0.25) is 11.8 Å². The van der Waals surface area contributed by atoms with E-state index in [0.29, 0.717) is 43.9 Å². The van der Waals surface area contributed by atoms with Crippen molar-refractivity contribution in [1.82, 2.24) is 19.8 Å². The van der Waals surface area contributed by atoms with Crippen LogP contribution in [0, 0.1) is 6.92 Å². The van der Waals surface area contributed by atoms with Crippen molar-refractivity contribution in [1.29, 1.82) is 0 Å². The molecule has 2 N–H and O–H groups in total. The Morgan fingerprint density at radius 1 is 0.867 bits per heavy atom. The SMILES string of the molecule is Cc1[nH]c(=O)[nH]c(=O)c1CCC(=O)N1CCN(C(=O)CCCc2ccccc2)CC1. The standard InChI is InChI=1S/C22H28N4O4/c1-16-18(21(29)24-22(30)23-16)10-11-20(28)26-14-12-25(13-15-26)19(27)9-5-8-17-6-3-2-4-7-17/h2-4,6-7H,5,8-15H2,1H3,(H2,23,24,29,30). The zero-order chi connectivity index (χ0) is 21.5. The van der Waals surface area contributed by atoms with Gasteiger partial charge in [0.1, 0.15) is 0 Å². The topological polar surface area (TPSA) is 106 Å². The molecule has 1 aromatic carbocycles. The highest BCUT2D eigenvalue weighted by Crippen LogP contribution is 2.10. The number of H-pyrrole nitrogens is 2. The minimum atomic E-state index is -0.544. The summed E-state index contributed by atoms with van der Waals surface area (Å²) in [4.78, 5) is 56.4. The quantitative estimate of drug-likeness (QED) is 0.707. The Morgan fingerprint density at radius 2 is 1.47 bits per heavy atom. The predicted molar refractivity (Wildman–Crippen MR) is 113 cm³/mol. The molecule has 1 saturated heterocycles. The van der Waals surface area contributed by atoms with Crippen LogP contribution in [0.1, 0.15) is 36.1 Å². The molecule has 8 heteroatoms. The molecule has 2 amide bonds. The van der Waals surface area contributed by atoms with Crippen LogP contribution in [-0.2, 0) is 22.4 Å². The third-order valence-corrected chi connectivity index (χ3v) is 5.53. The summed E-state index contributed by atoms with van der Waals surface area (Å²) in [6.07, 6.45) is 2.68. The monoisotopic (exact) mass is 412 g/mol. The van der Waals surface area contributed by atoms with E-state index in [0.717, 1.165) is 12.8 Å². The van der Waals surface area contributed by atoms with Gasteiger partial charge in [-0.05, 0) is 31.7 Å². The number of amides is 2. The molecule has 1 aliphatic heterocycles. The van der Waals surface area contributed by atoms with E-state index >= 15 is 0 Å². The van der Waals surface area contributed by atoms with Crippen molar-refractivity contribution in [2.75, 3.05) is 26.2 Å².